The predicted octanol–water partition coefficient (Wildman–Crippen LogP) is 1.17. The zero-order valence-corrected chi connectivity index (χ0v) is 8.54. The number of thioether (sulfide) groups is 1. The van der Waals surface area contributed by atoms with E-state index in [4.69, 9.17) is 10.2 Å². The molecular formula is C9H11NO3S. The molecule has 1 rings (SSSR count). The SMILES string of the molecule is Cc1cc(C(=O)O)cc(SCCO)n1. The first-order valence-electron chi connectivity index (χ1n) is 4.09. The molecule has 0 bridgehead atoms. The summed E-state index contributed by atoms with van der Waals surface area (Å²) in [4.78, 5) is 14.8. The summed E-state index contributed by atoms with van der Waals surface area (Å²) >= 11 is 1.34. The van der Waals surface area contributed by atoms with Crippen molar-refractivity contribution in [3.05, 3.63) is 23.4 Å². The minimum atomic E-state index is -0.957. The quantitative estimate of drug-likeness (QED) is 0.735. The van der Waals surface area contributed by atoms with Gasteiger partial charge in [0, 0.05) is 11.4 Å². The molecule has 0 aliphatic heterocycles. The molecule has 1 heterocycles. The van der Waals surface area contributed by atoms with Crippen LogP contribution in [0.15, 0.2) is 17.2 Å². The molecule has 2 N–H and O–H groups in total. The molecule has 1 aromatic heterocycles. The van der Waals surface area contributed by atoms with Gasteiger partial charge in [-0.15, -0.1) is 11.8 Å². The van der Waals surface area contributed by atoms with E-state index < -0.39 is 5.97 Å². The third-order valence-corrected chi connectivity index (χ3v) is 2.41. The Kier molecular flexibility index (Phi) is 3.91. The topological polar surface area (TPSA) is 70.4 Å². The van der Waals surface area contributed by atoms with Crippen molar-refractivity contribution in [2.75, 3.05) is 12.4 Å². The Labute approximate surface area is 86.0 Å². The molecular weight excluding hydrogens is 202 g/mol. The van der Waals surface area contributed by atoms with Crippen LogP contribution in [0.4, 0.5) is 0 Å². The van der Waals surface area contributed by atoms with E-state index >= 15 is 0 Å². The van der Waals surface area contributed by atoms with Crippen molar-refractivity contribution in [2.45, 2.75) is 11.9 Å². The van der Waals surface area contributed by atoms with Gasteiger partial charge in [-0.1, -0.05) is 0 Å². The Balaban J connectivity index is 2.89. The molecule has 0 aliphatic carbocycles. The van der Waals surface area contributed by atoms with E-state index in [2.05, 4.69) is 4.98 Å². The zero-order chi connectivity index (χ0) is 10.6. The Morgan fingerprint density at radius 3 is 2.86 bits per heavy atom. The van der Waals surface area contributed by atoms with Crippen molar-refractivity contribution >= 4 is 17.7 Å². The van der Waals surface area contributed by atoms with Gasteiger partial charge in [0.25, 0.3) is 0 Å². The molecule has 0 aromatic carbocycles. The number of aromatic nitrogens is 1. The standard InChI is InChI=1S/C9H11NO3S/c1-6-4-7(9(12)13)5-8(10-6)14-3-2-11/h4-5,11H,2-3H2,1H3,(H,12,13). The van der Waals surface area contributed by atoms with Crippen molar-refractivity contribution < 1.29 is 15.0 Å². The van der Waals surface area contributed by atoms with Gasteiger partial charge < -0.3 is 10.2 Å². The lowest BCUT2D eigenvalue weighted by molar-refractivity contribution is 0.0696. The fraction of sp³-hybridized carbons (Fsp3) is 0.333. The monoisotopic (exact) mass is 213 g/mol. The summed E-state index contributed by atoms with van der Waals surface area (Å²) in [6.45, 7) is 1.80. The number of aliphatic hydroxyl groups is 1. The van der Waals surface area contributed by atoms with Crippen molar-refractivity contribution in [3.8, 4) is 0 Å². The first-order valence-corrected chi connectivity index (χ1v) is 5.07. The highest BCUT2D eigenvalue weighted by Gasteiger charge is 2.06. The van der Waals surface area contributed by atoms with Crippen LogP contribution in [0.5, 0.6) is 0 Å². The maximum absolute atomic E-state index is 10.7. The third kappa shape index (κ3) is 3.01. The van der Waals surface area contributed by atoms with Gasteiger partial charge in [0.15, 0.2) is 0 Å². The summed E-state index contributed by atoms with van der Waals surface area (Å²) in [6.07, 6.45) is 0. The first kappa shape index (κ1) is 11.0. The van der Waals surface area contributed by atoms with Crippen LogP contribution in [0, 0.1) is 6.92 Å². The molecule has 0 radical (unpaired) electrons. The summed E-state index contributed by atoms with van der Waals surface area (Å²) in [6, 6.07) is 3.03. The van der Waals surface area contributed by atoms with Gasteiger partial charge in [-0.05, 0) is 19.1 Å². The number of hydrogen-bond acceptors (Lipinski definition) is 4. The number of nitrogens with zero attached hydrogens (tertiary/aromatic N) is 1. The van der Waals surface area contributed by atoms with Gasteiger partial charge in [-0.3, -0.25) is 0 Å². The fourth-order valence-corrected chi connectivity index (χ4v) is 1.70. The summed E-state index contributed by atoms with van der Waals surface area (Å²) in [5.74, 6) is -0.434. The van der Waals surface area contributed by atoms with Gasteiger partial charge in [0.1, 0.15) is 0 Å². The van der Waals surface area contributed by atoms with E-state index in [-0.39, 0.29) is 12.2 Å². The highest BCUT2D eigenvalue weighted by molar-refractivity contribution is 7.99. The number of rotatable bonds is 4. The number of pyridine rings is 1. The molecule has 0 fully saturated rings. The predicted molar refractivity (Wildman–Crippen MR) is 53.7 cm³/mol. The minimum Gasteiger partial charge on any atom is -0.478 e. The normalized spacial score (nSPS) is 10.1. The molecule has 0 atom stereocenters. The number of carbonyl (C=O) groups is 1. The third-order valence-electron chi connectivity index (χ3n) is 1.52. The van der Waals surface area contributed by atoms with Gasteiger partial charge in [-0.2, -0.15) is 0 Å². The van der Waals surface area contributed by atoms with Crippen LogP contribution in [0.25, 0.3) is 0 Å². The number of carboxylic acid groups (broad SMARTS) is 1. The van der Waals surface area contributed by atoms with E-state index in [0.717, 1.165) is 0 Å². The Morgan fingerprint density at radius 2 is 2.29 bits per heavy atom. The number of aromatic carboxylic acids is 1. The Hall–Kier alpha value is -1.07. The van der Waals surface area contributed by atoms with Crippen molar-refractivity contribution in [2.24, 2.45) is 0 Å². The Bertz CT molecular complexity index is 341. The molecule has 4 nitrogen and oxygen atoms in total. The number of carboxylic acids is 1. The molecule has 0 unspecified atom stereocenters. The van der Waals surface area contributed by atoms with Crippen LogP contribution in [-0.4, -0.2) is 33.5 Å². The second-order valence-corrected chi connectivity index (χ2v) is 3.83. The lowest BCUT2D eigenvalue weighted by atomic mass is 10.2. The molecule has 0 aliphatic rings. The second-order valence-electron chi connectivity index (χ2n) is 2.71. The number of aliphatic hydroxyl groups excluding tert-OH is 1. The van der Waals surface area contributed by atoms with Crippen molar-refractivity contribution in [1.29, 1.82) is 0 Å². The lowest BCUT2D eigenvalue weighted by Gasteiger charge is -2.02. The minimum absolute atomic E-state index is 0.0582. The Morgan fingerprint density at radius 1 is 1.57 bits per heavy atom. The highest BCUT2D eigenvalue weighted by Crippen LogP contribution is 2.17. The van der Waals surface area contributed by atoms with Crippen molar-refractivity contribution in [1.82, 2.24) is 4.98 Å². The van der Waals surface area contributed by atoms with Gasteiger partial charge >= 0.3 is 5.97 Å². The van der Waals surface area contributed by atoms with Crippen molar-refractivity contribution in [3.63, 3.8) is 0 Å². The van der Waals surface area contributed by atoms with Crippen LogP contribution in [0.3, 0.4) is 0 Å². The van der Waals surface area contributed by atoms with Crippen LogP contribution >= 0.6 is 11.8 Å². The number of hydrogen-bond donors (Lipinski definition) is 2. The smallest absolute Gasteiger partial charge is 0.335 e. The highest BCUT2D eigenvalue weighted by atomic mass is 32.2. The second kappa shape index (κ2) is 4.97. The summed E-state index contributed by atoms with van der Waals surface area (Å²) in [5, 5.41) is 18.0. The van der Waals surface area contributed by atoms with Gasteiger partial charge in [0.05, 0.1) is 17.2 Å². The average molecular weight is 213 g/mol. The number of aryl methyl sites for hydroxylation is 1. The van der Waals surface area contributed by atoms with E-state index in [0.29, 0.717) is 16.5 Å². The van der Waals surface area contributed by atoms with E-state index in [9.17, 15) is 4.79 Å². The van der Waals surface area contributed by atoms with Crippen LogP contribution in [0.1, 0.15) is 16.1 Å². The maximum atomic E-state index is 10.7. The molecule has 0 saturated carbocycles. The largest absolute Gasteiger partial charge is 0.478 e. The van der Waals surface area contributed by atoms with E-state index in [1.165, 1.54) is 23.9 Å². The van der Waals surface area contributed by atoms with Crippen LogP contribution in [-0.2, 0) is 0 Å². The van der Waals surface area contributed by atoms with Crippen LogP contribution < -0.4 is 0 Å². The van der Waals surface area contributed by atoms with Gasteiger partial charge in [0.2, 0.25) is 0 Å². The van der Waals surface area contributed by atoms with E-state index in [1.54, 1.807) is 6.92 Å². The molecule has 0 amide bonds. The van der Waals surface area contributed by atoms with Gasteiger partial charge in [-0.25, -0.2) is 9.78 Å². The molecule has 5 heteroatoms. The zero-order valence-electron chi connectivity index (χ0n) is 7.73. The molecule has 0 spiro atoms. The molecule has 14 heavy (non-hydrogen) atoms. The lowest BCUT2D eigenvalue weighted by Crippen LogP contribution is -1.99. The molecule has 0 saturated heterocycles. The molecule has 76 valence electrons. The molecule has 1 aromatic rings. The summed E-state index contributed by atoms with van der Waals surface area (Å²) < 4.78 is 0. The maximum Gasteiger partial charge on any atom is 0.335 e. The average Bonchev–Trinajstić information content (AvgIpc) is 2.14. The first-order chi connectivity index (χ1) is 6.63. The fourth-order valence-electron chi connectivity index (χ4n) is 0.986. The summed E-state index contributed by atoms with van der Waals surface area (Å²) in [7, 11) is 0. The summed E-state index contributed by atoms with van der Waals surface area (Å²) in [5.41, 5.74) is 0.906. The van der Waals surface area contributed by atoms with E-state index in [1.807, 2.05) is 0 Å². The van der Waals surface area contributed by atoms with Crippen LogP contribution in [0.2, 0.25) is 0 Å².